The van der Waals surface area contributed by atoms with Gasteiger partial charge in [-0.2, -0.15) is 0 Å². The molecular weight excluding hydrogens is 266 g/mol. The van der Waals surface area contributed by atoms with Crippen LogP contribution in [0.15, 0.2) is 47.3 Å². The number of benzene rings is 1. The van der Waals surface area contributed by atoms with E-state index >= 15 is 0 Å². The molecule has 2 aromatic rings. The Balaban J connectivity index is 1.66. The minimum absolute atomic E-state index is 0.0931. The number of methoxy groups -OCH3 is 1. The molecule has 0 spiro atoms. The van der Waals surface area contributed by atoms with Crippen molar-refractivity contribution in [3.63, 3.8) is 0 Å². The SMILES string of the molecule is COc1ccccc1C1(C(=O)NCCc2ccoc2)CC1. The van der Waals surface area contributed by atoms with Gasteiger partial charge in [-0.3, -0.25) is 4.79 Å². The van der Waals surface area contributed by atoms with Crippen LogP contribution in [0.5, 0.6) is 5.75 Å². The molecule has 4 nitrogen and oxygen atoms in total. The normalized spacial score (nSPS) is 15.5. The summed E-state index contributed by atoms with van der Waals surface area (Å²) in [5, 5.41) is 3.04. The second-order valence-corrected chi connectivity index (χ2v) is 5.42. The first-order valence-corrected chi connectivity index (χ1v) is 7.19. The number of nitrogens with one attached hydrogen (secondary N) is 1. The van der Waals surface area contributed by atoms with Crippen molar-refractivity contribution in [1.82, 2.24) is 5.32 Å². The van der Waals surface area contributed by atoms with Crippen LogP contribution >= 0.6 is 0 Å². The Labute approximate surface area is 124 Å². The van der Waals surface area contributed by atoms with Crippen molar-refractivity contribution in [3.8, 4) is 5.75 Å². The molecule has 0 unspecified atom stereocenters. The smallest absolute Gasteiger partial charge is 0.230 e. The second kappa shape index (κ2) is 5.64. The third kappa shape index (κ3) is 2.66. The summed E-state index contributed by atoms with van der Waals surface area (Å²) in [5.74, 6) is 0.885. The van der Waals surface area contributed by atoms with E-state index in [9.17, 15) is 4.79 Å². The summed E-state index contributed by atoms with van der Waals surface area (Å²) in [6.45, 7) is 0.620. The van der Waals surface area contributed by atoms with Crippen LogP contribution in [0.1, 0.15) is 24.0 Å². The Bertz CT molecular complexity index is 615. The maximum Gasteiger partial charge on any atom is 0.230 e. The molecule has 21 heavy (non-hydrogen) atoms. The van der Waals surface area contributed by atoms with E-state index in [1.807, 2.05) is 30.3 Å². The van der Waals surface area contributed by atoms with Gasteiger partial charge in [-0.25, -0.2) is 0 Å². The lowest BCUT2D eigenvalue weighted by molar-refractivity contribution is -0.123. The lowest BCUT2D eigenvalue weighted by atomic mass is 9.94. The summed E-state index contributed by atoms with van der Waals surface area (Å²) in [7, 11) is 1.64. The highest BCUT2D eigenvalue weighted by atomic mass is 16.5. The highest BCUT2D eigenvalue weighted by Gasteiger charge is 2.52. The molecule has 1 aliphatic carbocycles. The predicted molar refractivity (Wildman–Crippen MR) is 79.3 cm³/mol. The first-order chi connectivity index (χ1) is 10.3. The van der Waals surface area contributed by atoms with Crippen molar-refractivity contribution in [2.75, 3.05) is 13.7 Å². The fourth-order valence-electron chi connectivity index (χ4n) is 2.71. The second-order valence-electron chi connectivity index (χ2n) is 5.42. The minimum atomic E-state index is -0.400. The first-order valence-electron chi connectivity index (χ1n) is 7.19. The number of amides is 1. The van der Waals surface area contributed by atoms with Gasteiger partial charge in [-0.1, -0.05) is 18.2 Å². The van der Waals surface area contributed by atoms with Crippen molar-refractivity contribution in [2.45, 2.75) is 24.7 Å². The molecule has 1 aromatic carbocycles. The van der Waals surface area contributed by atoms with Gasteiger partial charge in [-0.15, -0.1) is 0 Å². The van der Waals surface area contributed by atoms with Gasteiger partial charge in [0.1, 0.15) is 5.75 Å². The topological polar surface area (TPSA) is 51.5 Å². The van der Waals surface area contributed by atoms with E-state index < -0.39 is 5.41 Å². The number of carbonyl (C=O) groups excluding carboxylic acids is 1. The number of carbonyl (C=O) groups is 1. The molecule has 1 aromatic heterocycles. The lowest BCUT2D eigenvalue weighted by Gasteiger charge is -2.18. The van der Waals surface area contributed by atoms with E-state index in [1.54, 1.807) is 19.6 Å². The first kappa shape index (κ1) is 13.7. The summed E-state index contributed by atoms with van der Waals surface area (Å²) >= 11 is 0. The van der Waals surface area contributed by atoms with Crippen LogP contribution in [-0.4, -0.2) is 19.6 Å². The average Bonchev–Trinajstić information content (AvgIpc) is 3.17. The summed E-state index contributed by atoms with van der Waals surface area (Å²) in [6, 6.07) is 9.70. The van der Waals surface area contributed by atoms with Crippen LogP contribution in [0.2, 0.25) is 0 Å². The van der Waals surface area contributed by atoms with Crippen molar-refractivity contribution >= 4 is 5.91 Å². The zero-order valence-corrected chi connectivity index (χ0v) is 12.1. The molecular formula is C17H19NO3. The number of rotatable bonds is 6. The molecule has 3 rings (SSSR count). The van der Waals surface area contributed by atoms with Crippen LogP contribution in [0, 0.1) is 0 Å². The Morgan fingerprint density at radius 2 is 2.14 bits per heavy atom. The van der Waals surface area contributed by atoms with Crippen molar-refractivity contribution < 1.29 is 13.9 Å². The zero-order valence-electron chi connectivity index (χ0n) is 12.1. The van der Waals surface area contributed by atoms with Crippen LogP contribution in [0.4, 0.5) is 0 Å². The fourth-order valence-corrected chi connectivity index (χ4v) is 2.71. The van der Waals surface area contributed by atoms with E-state index in [2.05, 4.69) is 5.32 Å². The van der Waals surface area contributed by atoms with E-state index in [0.717, 1.165) is 36.1 Å². The average molecular weight is 285 g/mol. The highest BCUT2D eigenvalue weighted by Crippen LogP contribution is 2.51. The molecule has 1 fully saturated rings. The van der Waals surface area contributed by atoms with E-state index in [1.165, 1.54) is 0 Å². The number of hydrogen-bond donors (Lipinski definition) is 1. The van der Waals surface area contributed by atoms with Crippen molar-refractivity contribution in [3.05, 3.63) is 54.0 Å². The highest BCUT2D eigenvalue weighted by molar-refractivity contribution is 5.92. The summed E-state index contributed by atoms with van der Waals surface area (Å²) in [4.78, 5) is 12.5. The van der Waals surface area contributed by atoms with Gasteiger partial charge in [0.25, 0.3) is 0 Å². The quantitative estimate of drug-likeness (QED) is 0.887. The minimum Gasteiger partial charge on any atom is -0.496 e. The molecule has 1 heterocycles. The molecule has 0 bridgehead atoms. The molecule has 0 atom stereocenters. The van der Waals surface area contributed by atoms with E-state index in [0.29, 0.717) is 6.54 Å². The molecule has 1 N–H and O–H groups in total. The summed E-state index contributed by atoms with van der Waals surface area (Å²) < 4.78 is 10.4. The Kier molecular flexibility index (Phi) is 3.69. The van der Waals surface area contributed by atoms with Crippen LogP contribution in [-0.2, 0) is 16.6 Å². The molecule has 1 amide bonds. The van der Waals surface area contributed by atoms with Gasteiger partial charge >= 0.3 is 0 Å². The predicted octanol–water partition coefficient (Wildman–Crippen LogP) is 2.68. The van der Waals surface area contributed by atoms with Crippen LogP contribution in [0.25, 0.3) is 0 Å². The van der Waals surface area contributed by atoms with Crippen molar-refractivity contribution in [1.29, 1.82) is 0 Å². The zero-order chi connectivity index (χ0) is 14.7. The van der Waals surface area contributed by atoms with Gasteiger partial charge in [0, 0.05) is 12.1 Å². The monoisotopic (exact) mass is 285 g/mol. The molecule has 0 saturated heterocycles. The maximum absolute atomic E-state index is 12.5. The van der Waals surface area contributed by atoms with Crippen molar-refractivity contribution in [2.24, 2.45) is 0 Å². The molecule has 1 aliphatic rings. The standard InChI is InChI=1S/C17H19NO3/c1-20-15-5-3-2-4-14(15)17(8-9-17)16(19)18-10-6-13-7-11-21-12-13/h2-5,7,11-12H,6,8-10H2,1H3,(H,18,19). The molecule has 110 valence electrons. The van der Waals surface area contributed by atoms with Gasteiger partial charge in [0.2, 0.25) is 5.91 Å². The number of ether oxygens (including phenoxy) is 1. The van der Waals surface area contributed by atoms with E-state index in [4.69, 9.17) is 9.15 Å². The third-order valence-electron chi connectivity index (χ3n) is 4.09. The number of hydrogen-bond acceptors (Lipinski definition) is 3. The third-order valence-corrected chi connectivity index (χ3v) is 4.09. The Morgan fingerprint density at radius 1 is 1.33 bits per heavy atom. The summed E-state index contributed by atoms with van der Waals surface area (Å²) in [6.07, 6.45) is 5.90. The fraction of sp³-hybridized carbons (Fsp3) is 0.353. The van der Waals surface area contributed by atoms with Crippen LogP contribution in [0.3, 0.4) is 0 Å². The number of furan rings is 1. The maximum atomic E-state index is 12.5. The van der Waals surface area contributed by atoms with E-state index in [-0.39, 0.29) is 5.91 Å². The van der Waals surface area contributed by atoms with Gasteiger partial charge in [-0.05, 0) is 37.0 Å². The molecule has 4 heteroatoms. The van der Waals surface area contributed by atoms with Gasteiger partial charge in [0.15, 0.2) is 0 Å². The summed E-state index contributed by atoms with van der Waals surface area (Å²) in [5.41, 5.74) is 1.69. The Morgan fingerprint density at radius 3 is 2.81 bits per heavy atom. The molecule has 0 radical (unpaired) electrons. The van der Waals surface area contributed by atoms with Gasteiger partial charge < -0.3 is 14.5 Å². The van der Waals surface area contributed by atoms with Crippen LogP contribution < -0.4 is 10.1 Å². The number of para-hydroxylation sites is 1. The molecule has 0 aliphatic heterocycles. The van der Waals surface area contributed by atoms with Gasteiger partial charge in [0.05, 0.1) is 25.1 Å². The molecule has 1 saturated carbocycles. The largest absolute Gasteiger partial charge is 0.496 e. The lowest BCUT2D eigenvalue weighted by Crippen LogP contribution is -2.36. The Hall–Kier alpha value is -2.23.